The summed E-state index contributed by atoms with van der Waals surface area (Å²) in [6.07, 6.45) is 0. The lowest BCUT2D eigenvalue weighted by Gasteiger charge is -2.03. The lowest BCUT2D eigenvalue weighted by molar-refractivity contribution is 0.292. The highest BCUT2D eigenvalue weighted by atomic mass is 35.5. The number of pyridine rings is 1. The summed E-state index contributed by atoms with van der Waals surface area (Å²) in [7, 11) is 0. The fourth-order valence-corrected chi connectivity index (χ4v) is 3.48. The third-order valence-electron chi connectivity index (χ3n) is 3.28. The second-order valence-electron chi connectivity index (χ2n) is 4.93. The number of fused-ring (bicyclic) bond motifs is 1. The van der Waals surface area contributed by atoms with Crippen molar-refractivity contribution >= 4 is 39.5 Å². The standard InChI is InChI=1S/C15H8Cl2FN5OS/c16-11-6-5-10(13(17)19-11)14-22-23-12(20-21-15(23)25-14)7-24-9-3-1-8(18)2-4-9/h1-6H,7H2. The summed E-state index contributed by atoms with van der Waals surface area (Å²) < 4.78 is 20.1. The molecule has 10 heteroatoms. The van der Waals surface area contributed by atoms with Gasteiger partial charge in [0.05, 0.1) is 0 Å². The Kier molecular flexibility index (Phi) is 4.24. The van der Waals surface area contributed by atoms with E-state index < -0.39 is 0 Å². The number of halogens is 3. The molecule has 3 aromatic heterocycles. The average Bonchev–Trinajstić information content (AvgIpc) is 3.15. The Balaban J connectivity index is 1.61. The molecule has 0 aliphatic carbocycles. The van der Waals surface area contributed by atoms with Crippen molar-refractivity contribution in [2.45, 2.75) is 6.61 Å². The van der Waals surface area contributed by atoms with Crippen molar-refractivity contribution in [3.63, 3.8) is 0 Å². The summed E-state index contributed by atoms with van der Waals surface area (Å²) in [5.74, 6) is 0.716. The fraction of sp³-hybridized carbons (Fsp3) is 0.0667. The number of ether oxygens (including phenoxy) is 1. The largest absolute Gasteiger partial charge is 0.486 e. The first-order valence-electron chi connectivity index (χ1n) is 7.02. The molecular formula is C15H8Cl2FN5OS. The average molecular weight is 396 g/mol. The molecule has 0 unspecified atom stereocenters. The molecule has 0 spiro atoms. The van der Waals surface area contributed by atoms with Crippen LogP contribution in [-0.2, 0) is 6.61 Å². The van der Waals surface area contributed by atoms with Crippen LogP contribution in [0.3, 0.4) is 0 Å². The molecule has 126 valence electrons. The van der Waals surface area contributed by atoms with Gasteiger partial charge in [-0.3, -0.25) is 0 Å². The first-order valence-corrected chi connectivity index (χ1v) is 8.59. The van der Waals surface area contributed by atoms with E-state index in [2.05, 4.69) is 20.3 Å². The van der Waals surface area contributed by atoms with E-state index in [1.54, 1.807) is 28.8 Å². The summed E-state index contributed by atoms with van der Waals surface area (Å²) in [5.41, 5.74) is 0.659. The Morgan fingerprint density at radius 1 is 1.08 bits per heavy atom. The van der Waals surface area contributed by atoms with Crippen LogP contribution in [0.5, 0.6) is 5.75 Å². The van der Waals surface area contributed by atoms with Crippen LogP contribution >= 0.6 is 34.5 Å². The Morgan fingerprint density at radius 3 is 2.64 bits per heavy atom. The van der Waals surface area contributed by atoms with Gasteiger partial charge in [0.15, 0.2) is 10.8 Å². The van der Waals surface area contributed by atoms with E-state index in [0.29, 0.717) is 32.3 Å². The zero-order valence-electron chi connectivity index (χ0n) is 12.4. The van der Waals surface area contributed by atoms with E-state index >= 15 is 0 Å². The van der Waals surface area contributed by atoms with Crippen LogP contribution in [0, 0.1) is 5.82 Å². The second-order valence-corrected chi connectivity index (χ2v) is 6.63. The van der Waals surface area contributed by atoms with Gasteiger partial charge in [-0.25, -0.2) is 9.37 Å². The van der Waals surface area contributed by atoms with Crippen molar-refractivity contribution in [1.82, 2.24) is 24.8 Å². The first-order chi connectivity index (χ1) is 12.1. The third kappa shape index (κ3) is 3.28. The maximum absolute atomic E-state index is 12.9. The molecule has 1 aromatic carbocycles. The van der Waals surface area contributed by atoms with E-state index in [1.807, 2.05) is 0 Å². The highest BCUT2D eigenvalue weighted by Gasteiger charge is 2.16. The van der Waals surface area contributed by atoms with E-state index in [0.717, 1.165) is 0 Å². The molecule has 25 heavy (non-hydrogen) atoms. The number of aromatic nitrogens is 5. The van der Waals surface area contributed by atoms with Crippen molar-refractivity contribution in [3.8, 4) is 16.3 Å². The zero-order chi connectivity index (χ0) is 17.4. The Morgan fingerprint density at radius 2 is 1.88 bits per heavy atom. The molecule has 0 amide bonds. The molecule has 0 saturated carbocycles. The minimum Gasteiger partial charge on any atom is -0.486 e. The highest BCUT2D eigenvalue weighted by molar-refractivity contribution is 7.19. The number of nitrogens with zero attached hydrogens (tertiary/aromatic N) is 5. The normalized spacial score (nSPS) is 11.2. The molecule has 4 aromatic rings. The van der Waals surface area contributed by atoms with Gasteiger partial charge in [0.25, 0.3) is 0 Å². The predicted octanol–water partition coefficient (Wildman–Crippen LogP) is 4.27. The molecule has 0 fully saturated rings. The summed E-state index contributed by atoms with van der Waals surface area (Å²) in [6, 6.07) is 9.12. The summed E-state index contributed by atoms with van der Waals surface area (Å²) >= 11 is 13.3. The molecule has 3 heterocycles. The van der Waals surface area contributed by atoms with Gasteiger partial charge in [-0.05, 0) is 36.4 Å². The lowest BCUT2D eigenvalue weighted by atomic mass is 10.3. The van der Waals surface area contributed by atoms with Gasteiger partial charge < -0.3 is 4.74 Å². The first kappa shape index (κ1) is 16.2. The van der Waals surface area contributed by atoms with E-state index in [9.17, 15) is 4.39 Å². The Labute approximate surface area is 154 Å². The van der Waals surface area contributed by atoms with Gasteiger partial charge in [-0.1, -0.05) is 34.5 Å². The lowest BCUT2D eigenvalue weighted by Crippen LogP contribution is -2.02. The Hall–Kier alpha value is -2.29. The van der Waals surface area contributed by atoms with Crippen molar-refractivity contribution < 1.29 is 9.13 Å². The predicted molar refractivity (Wildman–Crippen MR) is 92.6 cm³/mol. The summed E-state index contributed by atoms with van der Waals surface area (Å²) in [4.78, 5) is 4.60. The van der Waals surface area contributed by atoms with E-state index in [-0.39, 0.29) is 17.6 Å². The minimum absolute atomic E-state index is 0.141. The number of hydrogen-bond donors (Lipinski definition) is 0. The maximum Gasteiger partial charge on any atom is 0.235 e. The van der Waals surface area contributed by atoms with Crippen molar-refractivity contribution in [2.24, 2.45) is 0 Å². The molecule has 0 saturated heterocycles. The van der Waals surface area contributed by atoms with E-state index in [1.165, 1.54) is 23.5 Å². The van der Waals surface area contributed by atoms with Crippen molar-refractivity contribution in [1.29, 1.82) is 0 Å². The smallest absolute Gasteiger partial charge is 0.235 e. The summed E-state index contributed by atoms with van der Waals surface area (Å²) in [6.45, 7) is 0.141. The SMILES string of the molecule is Fc1ccc(OCc2nnc3sc(-c4ccc(Cl)nc4Cl)nn23)cc1. The van der Waals surface area contributed by atoms with Crippen LogP contribution < -0.4 is 4.74 Å². The topological polar surface area (TPSA) is 65.2 Å². The highest BCUT2D eigenvalue weighted by Crippen LogP contribution is 2.31. The van der Waals surface area contributed by atoms with Crippen LogP contribution in [0.1, 0.15) is 5.82 Å². The molecule has 0 aliphatic heterocycles. The molecule has 0 radical (unpaired) electrons. The quantitative estimate of drug-likeness (QED) is 0.482. The molecule has 0 aliphatic rings. The van der Waals surface area contributed by atoms with E-state index in [4.69, 9.17) is 27.9 Å². The van der Waals surface area contributed by atoms with Crippen LogP contribution in [0.15, 0.2) is 36.4 Å². The molecule has 6 nitrogen and oxygen atoms in total. The summed E-state index contributed by atoms with van der Waals surface area (Å²) in [5, 5.41) is 13.8. The zero-order valence-corrected chi connectivity index (χ0v) is 14.7. The Bertz CT molecular complexity index is 1050. The minimum atomic E-state index is -0.324. The number of benzene rings is 1. The molecule has 4 rings (SSSR count). The molecule has 0 bridgehead atoms. The van der Waals surface area contributed by atoms with Crippen LogP contribution in [0.4, 0.5) is 4.39 Å². The van der Waals surface area contributed by atoms with Gasteiger partial charge in [-0.2, -0.15) is 9.61 Å². The molecule has 0 N–H and O–H groups in total. The van der Waals surface area contributed by atoms with Crippen LogP contribution in [0.2, 0.25) is 10.3 Å². The monoisotopic (exact) mass is 395 g/mol. The van der Waals surface area contributed by atoms with Gasteiger partial charge in [0.1, 0.15) is 28.5 Å². The fourth-order valence-electron chi connectivity index (χ4n) is 2.11. The number of hydrogen-bond acceptors (Lipinski definition) is 6. The van der Waals surface area contributed by atoms with Gasteiger partial charge >= 0.3 is 0 Å². The van der Waals surface area contributed by atoms with Crippen LogP contribution in [0.25, 0.3) is 15.5 Å². The second kappa shape index (κ2) is 6.55. The third-order valence-corrected chi connectivity index (χ3v) is 4.71. The number of rotatable bonds is 4. The molecule has 0 atom stereocenters. The maximum atomic E-state index is 12.9. The van der Waals surface area contributed by atoms with Gasteiger partial charge in [0.2, 0.25) is 4.96 Å². The molecular weight excluding hydrogens is 388 g/mol. The van der Waals surface area contributed by atoms with Crippen molar-refractivity contribution in [2.75, 3.05) is 0 Å². The van der Waals surface area contributed by atoms with Gasteiger partial charge in [0, 0.05) is 5.56 Å². The van der Waals surface area contributed by atoms with Gasteiger partial charge in [-0.15, -0.1) is 10.2 Å². The van der Waals surface area contributed by atoms with Crippen molar-refractivity contribution in [3.05, 3.63) is 58.3 Å². The van der Waals surface area contributed by atoms with Crippen LogP contribution in [-0.4, -0.2) is 24.8 Å².